The largest absolute Gasteiger partial charge is 0.512 e. The third-order valence-electron chi connectivity index (χ3n) is 6.92. The lowest BCUT2D eigenvalue weighted by atomic mass is 9.79. The zero-order valence-corrected chi connectivity index (χ0v) is 19.5. The van der Waals surface area contributed by atoms with Crippen LogP contribution in [0.1, 0.15) is 67.7 Å². The van der Waals surface area contributed by atoms with Crippen LogP contribution in [-0.4, -0.2) is 15.9 Å². The van der Waals surface area contributed by atoms with Gasteiger partial charge in [-0.05, 0) is 73.3 Å². The zero-order valence-electron chi connectivity index (χ0n) is 19.5. The number of ether oxygens (including phenoxy) is 1. The maximum absolute atomic E-state index is 13.5. The minimum absolute atomic E-state index is 0.0460. The number of hydrogen-bond acceptors (Lipinski definition) is 4. The summed E-state index contributed by atoms with van der Waals surface area (Å²) in [6.07, 6.45) is -5.18. The first kappa shape index (κ1) is 26.0. The molecule has 0 aliphatic heterocycles. The number of benzene rings is 1. The van der Waals surface area contributed by atoms with Crippen molar-refractivity contribution in [1.82, 2.24) is 4.98 Å². The Balaban J connectivity index is 1.76. The number of halogens is 6. The molecule has 0 radical (unpaired) electrons. The molecule has 1 aromatic heterocycles. The molecule has 1 N–H and O–H groups in total. The molecule has 1 saturated carbocycles. The van der Waals surface area contributed by atoms with Gasteiger partial charge in [-0.3, -0.25) is 4.79 Å². The standard InChI is InChI=1S/C26H25F6NO3/c1-2-16-7-8-18(36-24-20(26(30,31)32)11-17(13-33-24)25(27,28)29)12-19(16)23-21(34)9-14-3-4-15(6-5-14)10-22(23)35/h7-8,11-15,34H,2-6,9-10H2,1H3. The number of fused-ring (bicyclic) bond motifs is 5. The number of allylic oxidation sites excluding steroid dienone is 2. The van der Waals surface area contributed by atoms with Gasteiger partial charge in [0.2, 0.25) is 5.88 Å². The molecule has 1 fully saturated rings. The van der Waals surface area contributed by atoms with E-state index in [4.69, 9.17) is 4.74 Å². The van der Waals surface area contributed by atoms with Crippen LogP contribution in [-0.2, 0) is 23.6 Å². The van der Waals surface area contributed by atoms with E-state index in [2.05, 4.69) is 4.98 Å². The molecule has 1 aromatic carbocycles. The van der Waals surface area contributed by atoms with Gasteiger partial charge in [0.05, 0.1) is 11.1 Å². The number of aromatic nitrogens is 1. The highest BCUT2D eigenvalue weighted by atomic mass is 19.4. The van der Waals surface area contributed by atoms with Gasteiger partial charge in [-0.2, -0.15) is 26.3 Å². The Bertz CT molecular complexity index is 1180. The van der Waals surface area contributed by atoms with Crippen molar-refractivity contribution in [3.63, 3.8) is 0 Å². The van der Waals surface area contributed by atoms with Crippen molar-refractivity contribution in [2.24, 2.45) is 11.8 Å². The van der Waals surface area contributed by atoms with Crippen molar-refractivity contribution in [3.8, 4) is 11.6 Å². The number of alkyl halides is 6. The lowest BCUT2D eigenvalue weighted by Gasteiger charge is -2.26. The van der Waals surface area contributed by atoms with Gasteiger partial charge in [0.25, 0.3) is 0 Å². The molecule has 2 bridgehead atoms. The van der Waals surface area contributed by atoms with Gasteiger partial charge in [0, 0.05) is 19.0 Å². The van der Waals surface area contributed by atoms with E-state index in [1.807, 2.05) is 6.92 Å². The first-order valence-electron chi connectivity index (χ1n) is 11.8. The fourth-order valence-corrected chi connectivity index (χ4v) is 5.01. The Kier molecular flexibility index (Phi) is 7.07. The fourth-order valence-electron chi connectivity index (χ4n) is 5.01. The van der Waals surface area contributed by atoms with Crippen LogP contribution in [0.25, 0.3) is 5.57 Å². The number of hydrogen-bond donors (Lipinski definition) is 1. The molecule has 0 unspecified atom stereocenters. The summed E-state index contributed by atoms with van der Waals surface area (Å²) < 4.78 is 84.9. The average molecular weight is 513 g/mol. The van der Waals surface area contributed by atoms with E-state index in [1.54, 1.807) is 6.07 Å². The highest BCUT2D eigenvalue weighted by Crippen LogP contribution is 2.43. The van der Waals surface area contributed by atoms with Crippen LogP contribution in [0.15, 0.2) is 36.2 Å². The van der Waals surface area contributed by atoms with Crippen molar-refractivity contribution < 1.29 is 41.0 Å². The number of ketones is 1. The summed E-state index contributed by atoms with van der Waals surface area (Å²) in [7, 11) is 0. The average Bonchev–Trinajstić information content (AvgIpc) is 2.88. The summed E-state index contributed by atoms with van der Waals surface area (Å²) in [4.78, 5) is 16.5. The van der Waals surface area contributed by atoms with Crippen LogP contribution in [0.2, 0.25) is 0 Å². The molecule has 5 rings (SSSR count). The molecule has 36 heavy (non-hydrogen) atoms. The minimum atomic E-state index is -5.15. The van der Waals surface area contributed by atoms with Crippen LogP contribution < -0.4 is 4.74 Å². The number of aliphatic hydroxyl groups is 1. The van der Waals surface area contributed by atoms with E-state index < -0.39 is 29.4 Å². The maximum atomic E-state index is 13.5. The van der Waals surface area contributed by atoms with Crippen LogP contribution in [0.5, 0.6) is 11.6 Å². The number of carbonyl (C=O) groups excluding carboxylic acids is 1. The van der Waals surface area contributed by atoms with Crippen molar-refractivity contribution in [3.05, 3.63) is 58.5 Å². The molecular formula is C26H25F6NO3. The van der Waals surface area contributed by atoms with E-state index in [0.717, 1.165) is 25.7 Å². The van der Waals surface area contributed by atoms with E-state index in [9.17, 15) is 36.2 Å². The Labute approximate surface area is 204 Å². The van der Waals surface area contributed by atoms with Crippen molar-refractivity contribution in [2.75, 3.05) is 0 Å². The summed E-state index contributed by atoms with van der Waals surface area (Å²) in [6, 6.07) is 4.23. The lowest BCUT2D eigenvalue weighted by molar-refractivity contribution is -0.144. The smallest absolute Gasteiger partial charge is 0.421 e. The van der Waals surface area contributed by atoms with Gasteiger partial charge < -0.3 is 9.84 Å². The minimum Gasteiger partial charge on any atom is -0.512 e. The Morgan fingerprint density at radius 2 is 1.61 bits per heavy atom. The second-order valence-electron chi connectivity index (χ2n) is 9.39. The topological polar surface area (TPSA) is 59.4 Å². The summed E-state index contributed by atoms with van der Waals surface area (Å²) in [5.41, 5.74) is -2.06. The van der Waals surface area contributed by atoms with Gasteiger partial charge in [-0.25, -0.2) is 4.98 Å². The monoisotopic (exact) mass is 513 g/mol. The first-order chi connectivity index (χ1) is 16.9. The molecule has 0 amide bonds. The molecule has 4 nitrogen and oxygen atoms in total. The number of aryl methyl sites for hydroxylation is 1. The van der Waals surface area contributed by atoms with E-state index in [1.165, 1.54) is 12.1 Å². The third kappa shape index (κ3) is 5.52. The van der Waals surface area contributed by atoms with Gasteiger partial charge in [-0.15, -0.1) is 0 Å². The lowest BCUT2D eigenvalue weighted by Crippen LogP contribution is -2.15. The molecule has 2 aromatic rings. The molecule has 1 heterocycles. The van der Waals surface area contributed by atoms with Gasteiger partial charge in [-0.1, -0.05) is 13.0 Å². The van der Waals surface area contributed by atoms with Crippen LogP contribution >= 0.6 is 0 Å². The number of Topliss-reactive ketones (excluding diaryl/α,β-unsaturated/α-hetero) is 1. The zero-order chi connectivity index (χ0) is 26.3. The molecule has 10 heteroatoms. The third-order valence-corrected chi connectivity index (χ3v) is 6.92. The van der Waals surface area contributed by atoms with Gasteiger partial charge in [0.1, 0.15) is 17.1 Å². The predicted molar refractivity (Wildman–Crippen MR) is 119 cm³/mol. The molecular weight excluding hydrogens is 488 g/mol. The Hall–Kier alpha value is -3.04. The quantitative estimate of drug-likeness (QED) is 0.422. The maximum Gasteiger partial charge on any atom is 0.421 e. The predicted octanol–water partition coefficient (Wildman–Crippen LogP) is 7.91. The SMILES string of the molecule is CCc1ccc(Oc2ncc(C(F)(F)F)cc2C(F)(F)F)cc1C1=C(O)CC2CCC(CC2)CC1=O. The van der Waals surface area contributed by atoms with Crippen molar-refractivity contribution in [1.29, 1.82) is 0 Å². The highest BCUT2D eigenvalue weighted by molar-refractivity contribution is 6.21. The number of aliphatic hydroxyl groups excluding tert-OH is 1. The molecule has 0 atom stereocenters. The van der Waals surface area contributed by atoms with Crippen LogP contribution in [0, 0.1) is 11.8 Å². The normalized spacial score (nSPS) is 21.2. The molecule has 3 aliphatic carbocycles. The summed E-state index contributed by atoms with van der Waals surface area (Å²) in [6.45, 7) is 1.83. The van der Waals surface area contributed by atoms with E-state index >= 15 is 0 Å². The van der Waals surface area contributed by atoms with E-state index in [0.29, 0.717) is 24.0 Å². The second-order valence-corrected chi connectivity index (χ2v) is 9.39. The number of nitrogens with zero attached hydrogens (tertiary/aromatic N) is 1. The molecule has 0 spiro atoms. The number of carbonyl (C=O) groups is 1. The van der Waals surface area contributed by atoms with E-state index in [-0.39, 0.29) is 53.4 Å². The highest BCUT2D eigenvalue weighted by Gasteiger charge is 2.40. The summed E-state index contributed by atoms with van der Waals surface area (Å²) >= 11 is 0. The van der Waals surface area contributed by atoms with Crippen LogP contribution in [0.4, 0.5) is 26.3 Å². The molecule has 0 saturated heterocycles. The van der Waals surface area contributed by atoms with Crippen molar-refractivity contribution in [2.45, 2.75) is 64.2 Å². The number of rotatable bonds is 4. The van der Waals surface area contributed by atoms with Gasteiger partial charge in [0.15, 0.2) is 5.78 Å². The molecule has 3 aliphatic rings. The first-order valence-corrected chi connectivity index (χ1v) is 11.8. The molecule has 194 valence electrons. The second kappa shape index (κ2) is 9.78. The fraction of sp³-hybridized carbons (Fsp3) is 0.462. The Morgan fingerprint density at radius 3 is 2.19 bits per heavy atom. The number of pyridine rings is 1. The van der Waals surface area contributed by atoms with Crippen molar-refractivity contribution >= 4 is 11.4 Å². The van der Waals surface area contributed by atoms with Crippen LogP contribution in [0.3, 0.4) is 0 Å². The van der Waals surface area contributed by atoms with Gasteiger partial charge >= 0.3 is 12.4 Å². The summed E-state index contributed by atoms with van der Waals surface area (Å²) in [5, 5.41) is 11.0. The summed E-state index contributed by atoms with van der Waals surface area (Å²) in [5.74, 6) is -1.01. The Morgan fingerprint density at radius 1 is 0.972 bits per heavy atom.